The number of nitrogens with zero attached hydrogens (tertiary/aromatic N) is 3. The molecule has 2 N–H and O–H groups in total. The van der Waals surface area contributed by atoms with E-state index in [2.05, 4.69) is 25.8 Å². The van der Waals surface area contributed by atoms with Gasteiger partial charge in [-0.2, -0.15) is 5.10 Å². The molecule has 2 amide bonds. The molecule has 2 aromatic heterocycles. The lowest BCUT2D eigenvalue weighted by molar-refractivity contribution is -0.115. The summed E-state index contributed by atoms with van der Waals surface area (Å²) < 4.78 is 0. The molecule has 0 aliphatic rings. The predicted molar refractivity (Wildman–Crippen MR) is 81.1 cm³/mol. The summed E-state index contributed by atoms with van der Waals surface area (Å²) in [7, 11) is 0. The molecule has 0 aliphatic carbocycles. The highest BCUT2D eigenvalue weighted by atomic mass is 16.2. The van der Waals surface area contributed by atoms with Crippen LogP contribution in [0.15, 0.2) is 36.7 Å². The zero-order chi connectivity index (χ0) is 15.9. The molecule has 0 fully saturated rings. The van der Waals surface area contributed by atoms with Gasteiger partial charge in [0.15, 0.2) is 5.69 Å². The van der Waals surface area contributed by atoms with Crippen LogP contribution in [0.1, 0.15) is 42.4 Å². The first-order valence-corrected chi connectivity index (χ1v) is 6.94. The van der Waals surface area contributed by atoms with Crippen LogP contribution < -0.4 is 10.6 Å². The molecule has 0 aromatic carbocycles. The van der Waals surface area contributed by atoms with Crippen LogP contribution in [0.25, 0.3) is 0 Å². The first-order valence-electron chi connectivity index (χ1n) is 6.94. The highest BCUT2D eigenvalue weighted by molar-refractivity contribution is 5.92. The fourth-order valence-corrected chi connectivity index (χ4v) is 1.79. The number of aromatic nitrogens is 3. The van der Waals surface area contributed by atoms with Crippen LogP contribution in [0.3, 0.4) is 0 Å². The fourth-order valence-electron chi connectivity index (χ4n) is 1.79. The van der Waals surface area contributed by atoms with Crippen LogP contribution in [0.5, 0.6) is 0 Å². The highest BCUT2D eigenvalue weighted by Crippen LogP contribution is 2.15. The average molecular weight is 299 g/mol. The second-order valence-corrected chi connectivity index (χ2v) is 4.68. The lowest BCUT2D eigenvalue weighted by Gasteiger charge is -2.14. The molecule has 2 heterocycles. The zero-order valence-corrected chi connectivity index (χ0v) is 12.4. The SMILES string of the molecule is CCC(=O)Nc1cc(C(C)NC(=O)c2cccnn2)ccn1. The number of carbonyl (C=O) groups is 2. The molecule has 2 aromatic rings. The molecule has 2 rings (SSSR count). The van der Waals surface area contributed by atoms with E-state index in [0.29, 0.717) is 12.2 Å². The van der Waals surface area contributed by atoms with Crippen molar-refractivity contribution in [1.29, 1.82) is 0 Å². The van der Waals surface area contributed by atoms with E-state index in [9.17, 15) is 9.59 Å². The summed E-state index contributed by atoms with van der Waals surface area (Å²) in [6.07, 6.45) is 3.47. The average Bonchev–Trinajstić information content (AvgIpc) is 2.55. The first-order chi connectivity index (χ1) is 10.6. The molecule has 0 aliphatic heterocycles. The van der Waals surface area contributed by atoms with Crippen molar-refractivity contribution in [3.8, 4) is 0 Å². The van der Waals surface area contributed by atoms with Gasteiger partial charge in [-0.25, -0.2) is 4.98 Å². The van der Waals surface area contributed by atoms with Gasteiger partial charge in [0.1, 0.15) is 5.82 Å². The van der Waals surface area contributed by atoms with Crippen molar-refractivity contribution in [3.05, 3.63) is 47.9 Å². The maximum absolute atomic E-state index is 12.0. The van der Waals surface area contributed by atoms with E-state index in [1.165, 1.54) is 6.20 Å². The van der Waals surface area contributed by atoms with E-state index in [-0.39, 0.29) is 23.6 Å². The van der Waals surface area contributed by atoms with Crippen molar-refractivity contribution in [3.63, 3.8) is 0 Å². The summed E-state index contributed by atoms with van der Waals surface area (Å²) in [4.78, 5) is 27.5. The minimum absolute atomic E-state index is 0.110. The normalized spacial score (nSPS) is 11.5. The number of rotatable bonds is 5. The predicted octanol–water partition coefficient (Wildman–Crippen LogP) is 1.71. The smallest absolute Gasteiger partial charge is 0.272 e. The van der Waals surface area contributed by atoms with Crippen molar-refractivity contribution < 1.29 is 9.59 Å². The number of carbonyl (C=O) groups excluding carboxylic acids is 2. The molecule has 7 nitrogen and oxygen atoms in total. The maximum atomic E-state index is 12.0. The summed E-state index contributed by atoms with van der Waals surface area (Å²) in [5, 5.41) is 12.9. The molecule has 0 saturated carbocycles. The van der Waals surface area contributed by atoms with E-state index in [4.69, 9.17) is 0 Å². The fraction of sp³-hybridized carbons (Fsp3) is 0.267. The Hall–Kier alpha value is -2.83. The van der Waals surface area contributed by atoms with Gasteiger partial charge in [0, 0.05) is 18.8 Å². The molecular formula is C15H17N5O2. The Kier molecular flexibility index (Phi) is 5.13. The van der Waals surface area contributed by atoms with E-state index < -0.39 is 0 Å². The van der Waals surface area contributed by atoms with E-state index in [0.717, 1.165) is 5.56 Å². The third-order valence-electron chi connectivity index (χ3n) is 3.03. The number of pyridine rings is 1. The maximum Gasteiger partial charge on any atom is 0.272 e. The number of nitrogens with one attached hydrogen (secondary N) is 2. The third-order valence-corrected chi connectivity index (χ3v) is 3.03. The Balaban J connectivity index is 2.06. The third kappa shape index (κ3) is 4.08. The second kappa shape index (κ2) is 7.26. The molecule has 0 radical (unpaired) electrons. The summed E-state index contributed by atoms with van der Waals surface area (Å²) in [6, 6.07) is 6.50. The monoisotopic (exact) mass is 299 g/mol. The van der Waals surface area contributed by atoms with E-state index >= 15 is 0 Å². The lowest BCUT2D eigenvalue weighted by atomic mass is 10.1. The van der Waals surface area contributed by atoms with E-state index in [1.807, 2.05) is 6.92 Å². The van der Waals surface area contributed by atoms with E-state index in [1.54, 1.807) is 37.4 Å². The Bertz CT molecular complexity index is 660. The Morgan fingerprint density at radius 2 is 2.09 bits per heavy atom. The molecule has 0 saturated heterocycles. The van der Waals surface area contributed by atoms with Crippen LogP contribution in [-0.2, 0) is 4.79 Å². The van der Waals surface area contributed by atoms with Gasteiger partial charge in [-0.05, 0) is 36.8 Å². The zero-order valence-electron chi connectivity index (χ0n) is 12.4. The second-order valence-electron chi connectivity index (χ2n) is 4.68. The van der Waals surface area contributed by atoms with Crippen LogP contribution >= 0.6 is 0 Å². The molecule has 0 spiro atoms. The molecule has 22 heavy (non-hydrogen) atoms. The molecule has 0 bridgehead atoms. The van der Waals surface area contributed by atoms with Crippen LogP contribution in [0, 0.1) is 0 Å². The minimum atomic E-state index is -0.309. The minimum Gasteiger partial charge on any atom is -0.344 e. The molecule has 114 valence electrons. The first kappa shape index (κ1) is 15.6. The number of amides is 2. The van der Waals surface area contributed by atoms with Gasteiger partial charge in [0.25, 0.3) is 5.91 Å². The van der Waals surface area contributed by atoms with Gasteiger partial charge >= 0.3 is 0 Å². The number of hydrogen-bond donors (Lipinski definition) is 2. The quantitative estimate of drug-likeness (QED) is 0.876. The van der Waals surface area contributed by atoms with Crippen LogP contribution in [0.4, 0.5) is 5.82 Å². The highest BCUT2D eigenvalue weighted by Gasteiger charge is 2.13. The molecule has 1 atom stereocenters. The summed E-state index contributed by atoms with van der Waals surface area (Å²) in [5.41, 5.74) is 1.08. The van der Waals surface area contributed by atoms with Gasteiger partial charge in [0.05, 0.1) is 6.04 Å². The van der Waals surface area contributed by atoms with Gasteiger partial charge in [-0.15, -0.1) is 5.10 Å². The number of anilines is 1. The van der Waals surface area contributed by atoms with Gasteiger partial charge < -0.3 is 10.6 Å². The summed E-state index contributed by atoms with van der Waals surface area (Å²) >= 11 is 0. The van der Waals surface area contributed by atoms with Crippen molar-refractivity contribution in [1.82, 2.24) is 20.5 Å². The van der Waals surface area contributed by atoms with Crippen molar-refractivity contribution in [2.45, 2.75) is 26.3 Å². The Morgan fingerprint density at radius 3 is 2.77 bits per heavy atom. The van der Waals surface area contributed by atoms with Gasteiger partial charge in [0.2, 0.25) is 5.91 Å². The van der Waals surface area contributed by atoms with Crippen LogP contribution in [-0.4, -0.2) is 27.0 Å². The summed E-state index contributed by atoms with van der Waals surface area (Å²) in [5.74, 6) is 0.0439. The summed E-state index contributed by atoms with van der Waals surface area (Å²) in [6.45, 7) is 3.61. The van der Waals surface area contributed by atoms with Crippen LogP contribution in [0.2, 0.25) is 0 Å². The Labute approximate surface area is 128 Å². The van der Waals surface area contributed by atoms with Crippen molar-refractivity contribution >= 4 is 17.6 Å². The largest absolute Gasteiger partial charge is 0.344 e. The standard InChI is InChI=1S/C15H17N5O2/c1-3-14(21)19-13-9-11(6-8-16-13)10(2)18-15(22)12-5-4-7-17-20-12/h4-10H,3H2,1-2H3,(H,18,22)(H,16,19,21). The number of hydrogen-bond acceptors (Lipinski definition) is 5. The molecule has 7 heteroatoms. The lowest BCUT2D eigenvalue weighted by Crippen LogP contribution is -2.27. The van der Waals surface area contributed by atoms with Gasteiger partial charge in [-0.1, -0.05) is 6.92 Å². The Morgan fingerprint density at radius 1 is 1.27 bits per heavy atom. The topological polar surface area (TPSA) is 96.9 Å². The van der Waals surface area contributed by atoms with Crippen molar-refractivity contribution in [2.24, 2.45) is 0 Å². The molecule has 1 unspecified atom stereocenters. The molecular weight excluding hydrogens is 282 g/mol. The van der Waals surface area contributed by atoms with Crippen molar-refractivity contribution in [2.75, 3.05) is 5.32 Å². The van der Waals surface area contributed by atoms with Gasteiger partial charge in [-0.3, -0.25) is 9.59 Å².